The van der Waals surface area contributed by atoms with E-state index < -0.39 is 11.9 Å². The van der Waals surface area contributed by atoms with Gasteiger partial charge in [-0.2, -0.15) is 0 Å². The number of methoxy groups -OCH3 is 2. The summed E-state index contributed by atoms with van der Waals surface area (Å²) in [6.45, 7) is 0. The number of benzene rings is 1. The smallest absolute Gasteiger partial charge is 0.338 e. The van der Waals surface area contributed by atoms with Crippen LogP contribution in [0.2, 0.25) is 0 Å². The summed E-state index contributed by atoms with van der Waals surface area (Å²) in [7, 11) is 3.52. The molecule has 0 spiro atoms. The average Bonchev–Trinajstić information content (AvgIpc) is 2.39. The number of rotatable bonds is 2. The normalized spacial score (nSPS) is 8.00. The van der Waals surface area contributed by atoms with Crippen molar-refractivity contribution in [3.63, 3.8) is 0 Å². The van der Waals surface area contributed by atoms with Crippen LogP contribution in [0, 0.1) is 0 Å². The fourth-order valence-electron chi connectivity index (χ4n) is 1.06. The van der Waals surface area contributed by atoms with Gasteiger partial charge in [-0.1, -0.05) is 19.6 Å². The number of ether oxygens (including phenoxy) is 2. The minimum atomic E-state index is -0.550. The van der Waals surface area contributed by atoms with E-state index in [4.69, 9.17) is 5.11 Å². The van der Waals surface area contributed by atoms with Crippen LogP contribution in [-0.2, 0) is 9.47 Å². The maximum absolute atomic E-state index is 11.2. The van der Waals surface area contributed by atoms with Crippen molar-refractivity contribution < 1.29 is 24.2 Å². The Bertz CT molecular complexity index is 325. The first-order valence-corrected chi connectivity index (χ1v) is 4.41. The number of carbonyl (C=O) groups excluding carboxylic acids is 2. The van der Waals surface area contributed by atoms with Gasteiger partial charge < -0.3 is 14.6 Å². The number of esters is 2. The topological polar surface area (TPSA) is 72.8 Å². The lowest BCUT2D eigenvalue weighted by atomic mass is 10.1. The van der Waals surface area contributed by atoms with Gasteiger partial charge in [0.05, 0.1) is 25.3 Å². The lowest BCUT2D eigenvalue weighted by Crippen LogP contribution is -2.11. The van der Waals surface area contributed by atoms with Crippen molar-refractivity contribution in [2.45, 2.75) is 7.43 Å². The molecule has 0 saturated heterocycles. The van der Waals surface area contributed by atoms with Crippen molar-refractivity contribution in [2.24, 2.45) is 0 Å². The summed E-state index contributed by atoms with van der Waals surface area (Å²) in [4.78, 5) is 22.4. The third-order valence-electron chi connectivity index (χ3n) is 1.74. The molecule has 0 aliphatic carbocycles. The lowest BCUT2D eigenvalue weighted by molar-refractivity contribution is 0.0555. The predicted molar refractivity (Wildman–Crippen MR) is 64.0 cm³/mol. The standard InChI is InChI=1S/C10H10O4.CH4O.CH4/c1-13-9(11)7-5-3-4-6-8(7)10(12)14-2;1-2;/h3-6H,1-2H3;2H,1H3;1H4. The molecule has 0 heterocycles. The molecule has 1 aromatic carbocycles. The zero-order chi connectivity index (χ0) is 12.6. The second-order valence-electron chi connectivity index (χ2n) is 2.53. The summed E-state index contributed by atoms with van der Waals surface area (Å²) in [6, 6.07) is 6.33. The van der Waals surface area contributed by atoms with Gasteiger partial charge in [0.2, 0.25) is 0 Å². The van der Waals surface area contributed by atoms with Crippen molar-refractivity contribution in [3.8, 4) is 0 Å². The molecular weight excluding hydrogens is 224 g/mol. The molecular formula is C12H18O5. The first kappa shape index (κ1) is 17.5. The van der Waals surface area contributed by atoms with Crippen LogP contribution >= 0.6 is 0 Å². The Kier molecular flexibility index (Phi) is 9.64. The largest absolute Gasteiger partial charge is 0.465 e. The van der Waals surface area contributed by atoms with Gasteiger partial charge >= 0.3 is 11.9 Å². The maximum Gasteiger partial charge on any atom is 0.338 e. The van der Waals surface area contributed by atoms with E-state index in [1.54, 1.807) is 12.1 Å². The molecule has 0 aliphatic rings. The van der Waals surface area contributed by atoms with Gasteiger partial charge in [0.15, 0.2) is 0 Å². The van der Waals surface area contributed by atoms with Crippen molar-refractivity contribution in [1.29, 1.82) is 0 Å². The van der Waals surface area contributed by atoms with Crippen molar-refractivity contribution >= 4 is 11.9 Å². The van der Waals surface area contributed by atoms with Crippen molar-refractivity contribution in [2.75, 3.05) is 21.3 Å². The Morgan fingerprint density at radius 2 is 1.24 bits per heavy atom. The van der Waals surface area contributed by atoms with E-state index in [0.29, 0.717) is 0 Å². The summed E-state index contributed by atoms with van der Waals surface area (Å²) in [5.41, 5.74) is 0.420. The van der Waals surface area contributed by atoms with Crippen LogP contribution in [-0.4, -0.2) is 38.4 Å². The highest BCUT2D eigenvalue weighted by molar-refractivity contribution is 6.02. The molecule has 5 nitrogen and oxygen atoms in total. The molecule has 17 heavy (non-hydrogen) atoms. The molecule has 5 heteroatoms. The summed E-state index contributed by atoms with van der Waals surface area (Å²) in [6.07, 6.45) is 0. The number of carbonyl (C=O) groups is 2. The summed E-state index contributed by atoms with van der Waals surface area (Å²) in [5.74, 6) is -1.10. The number of hydrogen-bond acceptors (Lipinski definition) is 5. The van der Waals surface area contributed by atoms with Crippen LogP contribution in [0.25, 0.3) is 0 Å². The number of aliphatic hydroxyl groups excluding tert-OH is 1. The molecule has 0 fully saturated rings. The number of aliphatic hydroxyl groups is 1. The van der Waals surface area contributed by atoms with Crippen molar-refractivity contribution in [3.05, 3.63) is 35.4 Å². The van der Waals surface area contributed by atoms with E-state index in [0.717, 1.165) is 7.11 Å². The highest BCUT2D eigenvalue weighted by Gasteiger charge is 2.16. The Morgan fingerprint density at radius 1 is 0.941 bits per heavy atom. The van der Waals surface area contributed by atoms with E-state index in [-0.39, 0.29) is 18.6 Å². The molecule has 0 bridgehead atoms. The Hall–Kier alpha value is -1.88. The van der Waals surface area contributed by atoms with Crippen molar-refractivity contribution in [1.82, 2.24) is 0 Å². The fraction of sp³-hybridized carbons (Fsp3) is 0.333. The molecule has 0 amide bonds. The molecule has 1 aromatic rings. The van der Waals surface area contributed by atoms with E-state index >= 15 is 0 Å². The summed E-state index contributed by atoms with van der Waals surface area (Å²) in [5, 5.41) is 7.00. The average molecular weight is 242 g/mol. The zero-order valence-electron chi connectivity index (χ0n) is 9.39. The van der Waals surface area contributed by atoms with E-state index in [2.05, 4.69) is 9.47 Å². The Balaban J connectivity index is 0. The molecule has 0 radical (unpaired) electrons. The third-order valence-corrected chi connectivity index (χ3v) is 1.74. The van der Waals surface area contributed by atoms with Gasteiger partial charge in [0, 0.05) is 7.11 Å². The highest BCUT2D eigenvalue weighted by atomic mass is 16.5. The molecule has 0 aliphatic heterocycles. The Morgan fingerprint density at radius 3 is 1.47 bits per heavy atom. The first-order chi connectivity index (χ1) is 7.70. The number of hydrogen-bond donors (Lipinski definition) is 1. The van der Waals surface area contributed by atoms with E-state index in [1.807, 2.05) is 0 Å². The highest BCUT2D eigenvalue weighted by Crippen LogP contribution is 2.10. The van der Waals surface area contributed by atoms with Gasteiger partial charge in [-0.25, -0.2) is 9.59 Å². The molecule has 96 valence electrons. The molecule has 0 saturated carbocycles. The minimum Gasteiger partial charge on any atom is -0.465 e. The quantitative estimate of drug-likeness (QED) is 0.796. The molecule has 0 aromatic heterocycles. The second kappa shape index (κ2) is 9.35. The van der Waals surface area contributed by atoms with Crippen LogP contribution in [0.1, 0.15) is 28.1 Å². The second-order valence-corrected chi connectivity index (χ2v) is 2.53. The lowest BCUT2D eigenvalue weighted by Gasteiger charge is -2.04. The van der Waals surface area contributed by atoms with Crippen LogP contribution in [0.15, 0.2) is 24.3 Å². The van der Waals surface area contributed by atoms with Crippen LogP contribution < -0.4 is 0 Å². The molecule has 0 unspecified atom stereocenters. The van der Waals surface area contributed by atoms with Gasteiger partial charge in [0.1, 0.15) is 0 Å². The minimum absolute atomic E-state index is 0. The fourth-order valence-corrected chi connectivity index (χ4v) is 1.06. The zero-order valence-corrected chi connectivity index (χ0v) is 9.39. The Labute approximate surface area is 101 Å². The van der Waals surface area contributed by atoms with Crippen LogP contribution in [0.4, 0.5) is 0 Å². The van der Waals surface area contributed by atoms with E-state index in [9.17, 15) is 9.59 Å². The molecule has 0 atom stereocenters. The summed E-state index contributed by atoms with van der Waals surface area (Å²) < 4.78 is 9.05. The predicted octanol–water partition coefficient (Wildman–Crippen LogP) is 1.50. The van der Waals surface area contributed by atoms with Gasteiger partial charge in [0.25, 0.3) is 0 Å². The first-order valence-electron chi connectivity index (χ1n) is 4.41. The summed E-state index contributed by atoms with van der Waals surface area (Å²) >= 11 is 0. The maximum atomic E-state index is 11.2. The molecule has 1 rings (SSSR count). The van der Waals surface area contributed by atoms with E-state index in [1.165, 1.54) is 26.4 Å². The van der Waals surface area contributed by atoms with Gasteiger partial charge in [-0.3, -0.25) is 0 Å². The van der Waals surface area contributed by atoms with Crippen LogP contribution in [0.5, 0.6) is 0 Å². The van der Waals surface area contributed by atoms with Gasteiger partial charge in [-0.15, -0.1) is 0 Å². The SMILES string of the molecule is C.CO.COC(=O)c1ccccc1C(=O)OC. The van der Waals surface area contributed by atoms with Crippen LogP contribution in [0.3, 0.4) is 0 Å². The van der Waals surface area contributed by atoms with Gasteiger partial charge in [-0.05, 0) is 12.1 Å². The monoisotopic (exact) mass is 242 g/mol. The molecule has 1 N–H and O–H groups in total. The third kappa shape index (κ3) is 4.65.